The summed E-state index contributed by atoms with van der Waals surface area (Å²) < 4.78 is 32.6. The molecule has 1 N–H and O–H groups in total. The van der Waals surface area contributed by atoms with Crippen molar-refractivity contribution in [1.29, 1.82) is 0 Å². The third-order valence-corrected chi connectivity index (χ3v) is 3.79. The second kappa shape index (κ2) is 9.09. The van der Waals surface area contributed by atoms with E-state index in [-0.39, 0.29) is 22.4 Å². The predicted molar refractivity (Wildman–Crippen MR) is 94.1 cm³/mol. The van der Waals surface area contributed by atoms with Crippen LogP contribution in [0.3, 0.4) is 0 Å². The Labute approximate surface area is 158 Å². The highest BCUT2D eigenvalue weighted by atomic mass is 35.5. The molecule has 142 valence electrons. The van der Waals surface area contributed by atoms with E-state index in [9.17, 15) is 23.3 Å². The summed E-state index contributed by atoms with van der Waals surface area (Å²) in [6.07, 6.45) is -0.600. The average molecular weight is 397 g/mol. The molecule has 0 aliphatic heterocycles. The largest absolute Gasteiger partial charge is 0.469 e. The van der Waals surface area contributed by atoms with Gasteiger partial charge < -0.3 is 10.1 Å². The number of rotatable bonds is 6. The summed E-state index contributed by atoms with van der Waals surface area (Å²) >= 11 is 5.84. The summed E-state index contributed by atoms with van der Waals surface area (Å²) in [5.41, 5.74) is -0.246. The van der Waals surface area contributed by atoms with E-state index in [0.29, 0.717) is 5.56 Å². The molecule has 0 saturated heterocycles. The van der Waals surface area contributed by atoms with Crippen LogP contribution >= 0.6 is 11.6 Å². The number of halogens is 3. The van der Waals surface area contributed by atoms with Crippen LogP contribution in [-0.4, -0.2) is 30.0 Å². The number of nitrogens with zero attached hydrogens (tertiary/aromatic N) is 1. The highest BCUT2D eigenvalue weighted by Crippen LogP contribution is 2.27. The third-order valence-electron chi connectivity index (χ3n) is 3.48. The van der Waals surface area contributed by atoms with Crippen molar-refractivity contribution in [3.05, 3.63) is 64.4 Å². The lowest BCUT2D eigenvalue weighted by Crippen LogP contribution is -2.24. The third kappa shape index (κ3) is 5.49. The molecule has 0 atom stereocenters. The van der Waals surface area contributed by atoms with Gasteiger partial charge in [0.1, 0.15) is 12.2 Å². The van der Waals surface area contributed by atoms with Gasteiger partial charge in [-0.2, -0.15) is 5.12 Å². The monoisotopic (exact) mass is 396 g/mol. The molecule has 27 heavy (non-hydrogen) atoms. The molecule has 0 radical (unpaired) electrons. The van der Waals surface area contributed by atoms with Crippen molar-refractivity contribution in [1.82, 2.24) is 5.12 Å². The van der Waals surface area contributed by atoms with E-state index in [0.717, 1.165) is 19.2 Å². The maximum Gasteiger partial charge on any atom is 0.315 e. The molecule has 0 aliphatic carbocycles. The maximum absolute atomic E-state index is 14.2. The summed E-state index contributed by atoms with van der Waals surface area (Å²) in [6, 6.07) is 9.98. The van der Waals surface area contributed by atoms with Crippen LogP contribution in [-0.2, 0) is 20.9 Å². The van der Waals surface area contributed by atoms with Gasteiger partial charge in [-0.05, 0) is 17.7 Å². The average Bonchev–Trinajstić information content (AvgIpc) is 2.64. The molecule has 2 aromatic carbocycles. The molecule has 6 nitrogen and oxygen atoms in total. The van der Waals surface area contributed by atoms with Crippen molar-refractivity contribution < 1.29 is 28.0 Å². The fraction of sp³-hybridized carbons (Fsp3) is 0.167. The first-order valence-corrected chi connectivity index (χ1v) is 8.07. The van der Waals surface area contributed by atoms with E-state index in [1.165, 1.54) is 0 Å². The predicted octanol–water partition coefficient (Wildman–Crippen LogP) is 3.51. The van der Waals surface area contributed by atoms with Gasteiger partial charge in [0.25, 0.3) is 5.91 Å². The van der Waals surface area contributed by atoms with Crippen LogP contribution in [0.15, 0.2) is 42.5 Å². The number of hydrogen-bond donors (Lipinski definition) is 1. The number of methoxy groups -OCH3 is 1. The molecule has 0 bridgehead atoms. The van der Waals surface area contributed by atoms with Crippen molar-refractivity contribution in [2.75, 3.05) is 12.4 Å². The fourth-order valence-electron chi connectivity index (χ4n) is 2.15. The molecule has 0 aromatic heterocycles. The van der Waals surface area contributed by atoms with Gasteiger partial charge in [-0.3, -0.25) is 14.4 Å². The van der Waals surface area contributed by atoms with Gasteiger partial charge >= 0.3 is 5.97 Å². The number of carbonyl (C=O) groups excluding carboxylic acids is 3. The van der Waals surface area contributed by atoms with Crippen LogP contribution in [0.1, 0.15) is 22.3 Å². The first-order chi connectivity index (χ1) is 12.8. The highest BCUT2D eigenvalue weighted by Gasteiger charge is 2.22. The Kier molecular flexibility index (Phi) is 6.84. The number of ether oxygens (including phenoxy) is 1. The number of benzene rings is 2. The minimum atomic E-state index is -1.24. The van der Waals surface area contributed by atoms with E-state index in [4.69, 9.17) is 11.6 Å². The SMILES string of the molecule is COC(=O)CC(=O)Nc1cc(C(=O)N(F)Cc2ccccc2)c(F)cc1Cl. The van der Waals surface area contributed by atoms with Gasteiger partial charge in [0.2, 0.25) is 5.91 Å². The van der Waals surface area contributed by atoms with Gasteiger partial charge in [-0.25, -0.2) is 4.39 Å². The molecule has 0 heterocycles. The van der Waals surface area contributed by atoms with Crippen LogP contribution in [0.4, 0.5) is 14.6 Å². The Morgan fingerprint density at radius 2 is 1.85 bits per heavy atom. The Hall–Kier alpha value is -3.00. The van der Waals surface area contributed by atoms with E-state index in [2.05, 4.69) is 10.1 Å². The number of anilines is 1. The van der Waals surface area contributed by atoms with Crippen molar-refractivity contribution in [3.8, 4) is 0 Å². The quantitative estimate of drug-likeness (QED) is 0.460. The van der Waals surface area contributed by atoms with Crippen LogP contribution < -0.4 is 5.32 Å². The van der Waals surface area contributed by atoms with Crippen molar-refractivity contribution in [2.24, 2.45) is 0 Å². The summed E-state index contributed by atoms with van der Waals surface area (Å²) in [6.45, 7) is -0.383. The number of nitrogens with one attached hydrogen (secondary N) is 1. The Morgan fingerprint density at radius 3 is 2.48 bits per heavy atom. The standard InChI is InChI=1S/C18H15ClF2N2O4/c1-27-17(25)9-16(24)22-15-7-12(14(20)8-13(15)19)18(26)23(21)10-11-5-3-2-4-6-11/h2-8H,9-10H2,1H3,(H,22,24). The Morgan fingerprint density at radius 1 is 1.19 bits per heavy atom. The molecule has 0 fully saturated rings. The molecule has 0 spiro atoms. The van der Waals surface area contributed by atoms with Crippen molar-refractivity contribution >= 4 is 35.1 Å². The highest BCUT2D eigenvalue weighted by molar-refractivity contribution is 6.34. The summed E-state index contributed by atoms with van der Waals surface area (Å²) in [4.78, 5) is 35.1. The molecular weight excluding hydrogens is 382 g/mol. The Balaban J connectivity index is 2.19. The number of amides is 2. The molecule has 0 saturated carbocycles. The molecule has 2 aromatic rings. The molecule has 0 unspecified atom stereocenters. The first kappa shape index (κ1) is 20.3. The number of carbonyl (C=O) groups is 3. The van der Waals surface area contributed by atoms with Crippen LogP contribution in [0.2, 0.25) is 5.02 Å². The lowest BCUT2D eigenvalue weighted by molar-refractivity contribution is -0.142. The molecule has 2 rings (SSSR count). The van der Waals surface area contributed by atoms with E-state index in [1.54, 1.807) is 30.3 Å². The van der Waals surface area contributed by atoms with Crippen molar-refractivity contribution in [3.63, 3.8) is 0 Å². The minimum Gasteiger partial charge on any atom is -0.469 e. The summed E-state index contributed by atoms with van der Waals surface area (Å²) in [5, 5.41) is 1.89. The van der Waals surface area contributed by atoms with E-state index in [1.807, 2.05) is 0 Å². The van der Waals surface area contributed by atoms with E-state index < -0.39 is 35.6 Å². The lowest BCUT2D eigenvalue weighted by Gasteiger charge is -2.14. The Bertz CT molecular complexity index is 862. The van der Waals surface area contributed by atoms with Crippen LogP contribution in [0.5, 0.6) is 0 Å². The van der Waals surface area contributed by atoms with Gasteiger partial charge in [0.15, 0.2) is 0 Å². The minimum absolute atomic E-state index is 0.136. The van der Waals surface area contributed by atoms with Gasteiger partial charge in [0.05, 0.1) is 29.9 Å². The number of esters is 1. The van der Waals surface area contributed by atoms with E-state index >= 15 is 0 Å². The van der Waals surface area contributed by atoms with Crippen LogP contribution in [0.25, 0.3) is 0 Å². The molecular formula is C18H15ClF2N2O4. The first-order valence-electron chi connectivity index (χ1n) is 7.69. The summed E-state index contributed by atoms with van der Waals surface area (Å²) in [5.74, 6) is -3.86. The van der Waals surface area contributed by atoms with Gasteiger partial charge in [-0.15, -0.1) is 0 Å². The smallest absolute Gasteiger partial charge is 0.315 e. The zero-order valence-electron chi connectivity index (χ0n) is 14.2. The fourth-order valence-corrected chi connectivity index (χ4v) is 2.35. The summed E-state index contributed by atoms with van der Waals surface area (Å²) in [7, 11) is 1.11. The molecule has 0 aliphatic rings. The number of hydrogen-bond acceptors (Lipinski definition) is 4. The second-order valence-corrected chi connectivity index (χ2v) is 5.83. The van der Waals surface area contributed by atoms with Crippen LogP contribution in [0, 0.1) is 5.82 Å². The van der Waals surface area contributed by atoms with Gasteiger partial charge in [0, 0.05) is 0 Å². The lowest BCUT2D eigenvalue weighted by atomic mass is 10.1. The molecule has 9 heteroatoms. The topological polar surface area (TPSA) is 75.7 Å². The van der Waals surface area contributed by atoms with Crippen molar-refractivity contribution in [2.45, 2.75) is 13.0 Å². The normalized spacial score (nSPS) is 10.2. The maximum atomic E-state index is 14.2. The van der Waals surface area contributed by atoms with Gasteiger partial charge in [-0.1, -0.05) is 46.4 Å². The zero-order chi connectivity index (χ0) is 20.0. The second-order valence-electron chi connectivity index (χ2n) is 5.42. The zero-order valence-corrected chi connectivity index (χ0v) is 14.9. The molecule has 2 amide bonds.